The Balaban J connectivity index is 2.04. The maximum Gasteiger partial charge on any atom is 0.308 e. The van der Waals surface area contributed by atoms with Crippen LogP contribution < -0.4 is 5.32 Å². The average Bonchev–Trinajstić information content (AvgIpc) is 3.02. The van der Waals surface area contributed by atoms with E-state index in [1.807, 2.05) is 30.3 Å². The molecule has 5 heteroatoms. The SMILES string of the molecule is CCOC(=O)C[C@H](NC(=O)[C@H]1CCOC1)c1ccccc1. The van der Waals surface area contributed by atoms with Crippen LogP contribution in [0.25, 0.3) is 0 Å². The van der Waals surface area contributed by atoms with Crippen molar-refractivity contribution in [2.45, 2.75) is 25.8 Å². The molecular weight excluding hydrogens is 270 g/mol. The molecular formula is C16H21NO4. The molecule has 0 aromatic heterocycles. The van der Waals surface area contributed by atoms with Crippen molar-refractivity contribution >= 4 is 11.9 Å². The van der Waals surface area contributed by atoms with Crippen molar-refractivity contribution in [1.82, 2.24) is 5.32 Å². The van der Waals surface area contributed by atoms with Gasteiger partial charge in [0, 0.05) is 6.61 Å². The number of rotatable bonds is 6. The Labute approximate surface area is 124 Å². The fourth-order valence-corrected chi connectivity index (χ4v) is 2.36. The molecule has 5 nitrogen and oxygen atoms in total. The average molecular weight is 291 g/mol. The lowest BCUT2D eigenvalue weighted by molar-refractivity contribution is -0.143. The summed E-state index contributed by atoms with van der Waals surface area (Å²) >= 11 is 0. The van der Waals surface area contributed by atoms with Gasteiger partial charge in [0.1, 0.15) is 0 Å². The van der Waals surface area contributed by atoms with E-state index in [1.165, 1.54) is 0 Å². The fraction of sp³-hybridized carbons (Fsp3) is 0.500. The molecule has 1 aromatic rings. The van der Waals surface area contributed by atoms with Gasteiger partial charge in [-0.05, 0) is 18.9 Å². The predicted molar refractivity (Wildman–Crippen MR) is 77.5 cm³/mol. The zero-order valence-corrected chi connectivity index (χ0v) is 12.2. The minimum atomic E-state index is -0.363. The number of hydrogen-bond donors (Lipinski definition) is 1. The summed E-state index contributed by atoms with van der Waals surface area (Å²) in [7, 11) is 0. The third-order valence-electron chi connectivity index (χ3n) is 3.50. The Kier molecular flexibility index (Phi) is 5.75. The normalized spacial score (nSPS) is 19.0. The van der Waals surface area contributed by atoms with Crippen molar-refractivity contribution in [3.8, 4) is 0 Å². The number of amides is 1. The first-order valence-electron chi connectivity index (χ1n) is 7.29. The Bertz CT molecular complexity index is 468. The maximum atomic E-state index is 12.2. The van der Waals surface area contributed by atoms with Crippen molar-refractivity contribution in [2.75, 3.05) is 19.8 Å². The maximum absolute atomic E-state index is 12.2. The van der Waals surface area contributed by atoms with E-state index >= 15 is 0 Å². The zero-order valence-electron chi connectivity index (χ0n) is 12.2. The monoisotopic (exact) mass is 291 g/mol. The second-order valence-electron chi connectivity index (χ2n) is 5.04. The number of hydrogen-bond acceptors (Lipinski definition) is 4. The molecule has 1 saturated heterocycles. The van der Waals surface area contributed by atoms with Crippen LogP contribution in [0.4, 0.5) is 0 Å². The summed E-state index contributed by atoms with van der Waals surface area (Å²) in [6.07, 6.45) is 0.865. The Hall–Kier alpha value is -1.88. The highest BCUT2D eigenvalue weighted by Crippen LogP contribution is 2.20. The molecule has 1 aliphatic rings. The van der Waals surface area contributed by atoms with Gasteiger partial charge in [0.15, 0.2) is 0 Å². The van der Waals surface area contributed by atoms with E-state index < -0.39 is 0 Å². The van der Waals surface area contributed by atoms with Gasteiger partial charge in [-0.3, -0.25) is 9.59 Å². The zero-order chi connectivity index (χ0) is 15.1. The second kappa shape index (κ2) is 7.78. The summed E-state index contributed by atoms with van der Waals surface area (Å²) < 4.78 is 10.2. The number of benzene rings is 1. The van der Waals surface area contributed by atoms with Crippen LogP contribution in [0.3, 0.4) is 0 Å². The lowest BCUT2D eigenvalue weighted by atomic mass is 10.0. The van der Waals surface area contributed by atoms with Crippen LogP contribution in [0.2, 0.25) is 0 Å². The fourth-order valence-electron chi connectivity index (χ4n) is 2.36. The molecule has 1 aromatic carbocycles. The molecule has 0 saturated carbocycles. The first-order chi connectivity index (χ1) is 10.2. The Morgan fingerprint density at radius 3 is 2.76 bits per heavy atom. The molecule has 0 spiro atoms. The molecule has 1 N–H and O–H groups in total. The van der Waals surface area contributed by atoms with Gasteiger partial charge in [-0.1, -0.05) is 30.3 Å². The minimum Gasteiger partial charge on any atom is -0.466 e. The number of ether oxygens (including phenoxy) is 2. The van der Waals surface area contributed by atoms with Crippen LogP contribution in [-0.2, 0) is 19.1 Å². The van der Waals surface area contributed by atoms with Crippen LogP contribution in [0.5, 0.6) is 0 Å². The van der Waals surface area contributed by atoms with E-state index in [0.29, 0.717) is 19.8 Å². The largest absolute Gasteiger partial charge is 0.466 e. The molecule has 2 rings (SSSR count). The van der Waals surface area contributed by atoms with E-state index in [4.69, 9.17) is 9.47 Å². The highest BCUT2D eigenvalue weighted by Gasteiger charge is 2.27. The molecule has 0 aliphatic carbocycles. The first kappa shape index (κ1) is 15.5. The van der Waals surface area contributed by atoms with Gasteiger partial charge in [0.25, 0.3) is 0 Å². The molecule has 0 unspecified atom stereocenters. The van der Waals surface area contributed by atoms with Gasteiger partial charge < -0.3 is 14.8 Å². The number of carbonyl (C=O) groups excluding carboxylic acids is 2. The second-order valence-corrected chi connectivity index (χ2v) is 5.04. The topological polar surface area (TPSA) is 64.6 Å². The van der Waals surface area contributed by atoms with Gasteiger partial charge in [-0.2, -0.15) is 0 Å². The number of esters is 1. The van der Waals surface area contributed by atoms with E-state index in [0.717, 1.165) is 12.0 Å². The van der Waals surface area contributed by atoms with Gasteiger partial charge >= 0.3 is 5.97 Å². The van der Waals surface area contributed by atoms with Crippen molar-refractivity contribution < 1.29 is 19.1 Å². The predicted octanol–water partition coefficient (Wildman–Crippen LogP) is 1.83. The van der Waals surface area contributed by atoms with E-state index in [9.17, 15) is 9.59 Å². The third kappa shape index (κ3) is 4.56. The van der Waals surface area contributed by atoms with Crippen molar-refractivity contribution in [2.24, 2.45) is 5.92 Å². The molecule has 1 heterocycles. The number of carbonyl (C=O) groups is 2. The smallest absolute Gasteiger partial charge is 0.308 e. The summed E-state index contributed by atoms with van der Waals surface area (Å²) in [5.74, 6) is -0.501. The van der Waals surface area contributed by atoms with Gasteiger partial charge in [0.05, 0.1) is 31.6 Å². The Morgan fingerprint density at radius 2 is 2.14 bits per heavy atom. The standard InChI is InChI=1S/C16H21NO4/c1-2-21-15(18)10-14(12-6-4-3-5-7-12)17-16(19)13-8-9-20-11-13/h3-7,13-14H,2,8-11H2,1H3,(H,17,19)/t13-,14-/m0/s1. The van der Waals surface area contributed by atoms with Gasteiger partial charge in [-0.15, -0.1) is 0 Å². The van der Waals surface area contributed by atoms with Crippen LogP contribution in [0.15, 0.2) is 30.3 Å². The van der Waals surface area contributed by atoms with Crippen LogP contribution in [0, 0.1) is 5.92 Å². The summed E-state index contributed by atoms with van der Waals surface area (Å²) in [5.41, 5.74) is 0.901. The lowest BCUT2D eigenvalue weighted by Gasteiger charge is -2.20. The van der Waals surface area contributed by atoms with Crippen molar-refractivity contribution in [1.29, 1.82) is 0 Å². The molecule has 1 fully saturated rings. The Morgan fingerprint density at radius 1 is 1.38 bits per heavy atom. The molecule has 1 amide bonds. The summed E-state index contributed by atoms with van der Waals surface area (Å²) in [4.78, 5) is 24.0. The third-order valence-corrected chi connectivity index (χ3v) is 3.50. The van der Waals surface area contributed by atoms with Crippen LogP contribution >= 0.6 is 0 Å². The highest BCUT2D eigenvalue weighted by molar-refractivity contribution is 5.80. The van der Waals surface area contributed by atoms with E-state index in [2.05, 4.69) is 5.32 Å². The highest BCUT2D eigenvalue weighted by atomic mass is 16.5. The summed E-state index contributed by atoms with van der Waals surface area (Å²) in [6.45, 7) is 3.17. The molecule has 0 bridgehead atoms. The summed E-state index contributed by atoms with van der Waals surface area (Å²) in [5, 5.41) is 2.94. The van der Waals surface area contributed by atoms with Gasteiger partial charge in [-0.25, -0.2) is 0 Å². The lowest BCUT2D eigenvalue weighted by Crippen LogP contribution is -2.35. The molecule has 2 atom stereocenters. The summed E-state index contributed by atoms with van der Waals surface area (Å²) in [6, 6.07) is 9.11. The number of nitrogens with one attached hydrogen (secondary N) is 1. The first-order valence-corrected chi connectivity index (χ1v) is 7.29. The van der Waals surface area contributed by atoms with Crippen molar-refractivity contribution in [3.63, 3.8) is 0 Å². The quantitative estimate of drug-likeness (QED) is 0.812. The molecule has 21 heavy (non-hydrogen) atoms. The molecule has 0 radical (unpaired) electrons. The van der Waals surface area contributed by atoms with E-state index in [-0.39, 0.29) is 30.3 Å². The molecule has 1 aliphatic heterocycles. The molecule has 114 valence electrons. The van der Waals surface area contributed by atoms with Crippen molar-refractivity contribution in [3.05, 3.63) is 35.9 Å². The minimum absolute atomic E-state index is 0.0642. The van der Waals surface area contributed by atoms with Crippen LogP contribution in [-0.4, -0.2) is 31.7 Å². The van der Waals surface area contributed by atoms with E-state index in [1.54, 1.807) is 6.92 Å². The van der Waals surface area contributed by atoms with Gasteiger partial charge in [0.2, 0.25) is 5.91 Å². The van der Waals surface area contributed by atoms with Crippen LogP contribution in [0.1, 0.15) is 31.4 Å².